The van der Waals surface area contributed by atoms with Gasteiger partial charge in [0, 0.05) is 0 Å². The van der Waals surface area contributed by atoms with Crippen LogP contribution in [0.15, 0.2) is 35.7 Å². The summed E-state index contributed by atoms with van der Waals surface area (Å²) in [6.45, 7) is 1.87. The number of carboxylic acids is 1. The molecule has 2 heterocycles. The number of carboxylic acid groups (broad SMARTS) is 1. The molecule has 108 valence electrons. The van der Waals surface area contributed by atoms with E-state index in [1.54, 1.807) is 24.3 Å². The van der Waals surface area contributed by atoms with E-state index < -0.39 is 12.1 Å². The molecule has 1 amide bonds. The number of ether oxygens (including phenoxy) is 1. The lowest BCUT2D eigenvalue weighted by Gasteiger charge is -2.32. The molecular weight excluding hydrogens is 290 g/mol. The van der Waals surface area contributed by atoms with Gasteiger partial charge in [0.1, 0.15) is 5.75 Å². The van der Waals surface area contributed by atoms with Crippen LogP contribution >= 0.6 is 11.3 Å². The smallest absolute Gasteiger partial charge is 0.346 e. The van der Waals surface area contributed by atoms with E-state index in [4.69, 9.17) is 4.74 Å². The maximum Gasteiger partial charge on any atom is 0.346 e. The van der Waals surface area contributed by atoms with E-state index in [0.717, 1.165) is 5.56 Å². The normalized spacial score (nSPS) is 17.0. The van der Waals surface area contributed by atoms with Crippen molar-refractivity contribution in [3.63, 3.8) is 0 Å². The molecule has 21 heavy (non-hydrogen) atoms. The Hall–Kier alpha value is -2.34. The van der Waals surface area contributed by atoms with E-state index in [1.165, 1.54) is 16.2 Å². The molecule has 1 N–H and O–H groups in total. The SMILES string of the molecule is Cc1ccsc1C(=O)N1CC(C(=O)O)Oc2ccccc21. The Labute approximate surface area is 125 Å². The van der Waals surface area contributed by atoms with E-state index in [0.29, 0.717) is 16.3 Å². The number of amides is 1. The van der Waals surface area contributed by atoms with Crippen molar-refractivity contribution in [1.82, 2.24) is 0 Å². The highest BCUT2D eigenvalue weighted by Gasteiger charge is 2.34. The van der Waals surface area contributed by atoms with Crippen LogP contribution in [0.25, 0.3) is 0 Å². The molecule has 1 aliphatic rings. The molecule has 0 fully saturated rings. The van der Waals surface area contributed by atoms with Crippen LogP contribution < -0.4 is 9.64 Å². The number of aliphatic carboxylic acids is 1. The number of thiophene rings is 1. The molecule has 5 nitrogen and oxygen atoms in total. The zero-order valence-electron chi connectivity index (χ0n) is 11.3. The standard InChI is InChI=1S/C15H13NO4S/c1-9-6-7-21-13(9)14(17)16-8-12(15(18)19)20-11-5-3-2-4-10(11)16/h2-7,12H,8H2,1H3,(H,18,19). The average molecular weight is 303 g/mol. The van der Waals surface area contributed by atoms with E-state index >= 15 is 0 Å². The zero-order chi connectivity index (χ0) is 15.0. The van der Waals surface area contributed by atoms with Gasteiger partial charge in [0.2, 0.25) is 6.10 Å². The van der Waals surface area contributed by atoms with E-state index in [-0.39, 0.29) is 12.5 Å². The third kappa shape index (κ3) is 2.38. The Morgan fingerprint density at radius 1 is 1.33 bits per heavy atom. The highest BCUT2D eigenvalue weighted by atomic mass is 32.1. The molecule has 0 saturated heterocycles. The molecule has 1 unspecified atom stereocenters. The molecule has 1 aliphatic heterocycles. The molecule has 1 aromatic heterocycles. The van der Waals surface area contributed by atoms with Gasteiger partial charge in [-0.1, -0.05) is 12.1 Å². The van der Waals surface area contributed by atoms with Gasteiger partial charge in [-0.3, -0.25) is 9.69 Å². The monoisotopic (exact) mass is 303 g/mol. The van der Waals surface area contributed by atoms with Gasteiger partial charge in [-0.15, -0.1) is 11.3 Å². The van der Waals surface area contributed by atoms with Crippen molar-refractivity contribution in [3.05, 3.63) is 46.2 Å². The number of fused-ring (bicyclic) bond motifs is 1. The van der Waals surface area contributed by atoms with Gasteiger partial charge in [-0.05, 0) is 36.1 Å². The van der Waals surface area contributed by atoms with Crippen molar-refractivity contribution < 1.29 is 19.4 Å². The summed E-state index contributed by atoms with van der Waals surface area (Å²) in [7, 11) is 0. The minimum atomic E-state index is -1.08. The summed E-state index contributed by atoms with van der Waals surface area (Å²) in [4.78, 5) is 26.0. The summed E-state index contributed by atoms with van der Waals surface area (Å²) in [6.07, 6.45) is -1.05. The number of aryl methyl sites for hydroxylation is 1. The summed E-state index contributed by atoms with van der Waals surface area (Å²) in [5.74, 6) is -0.853. The minimum absolute atomic E-state index is 0.00250. The lowest BCUT2D eigenvalue weighted by molar-refractivity contribution is -0.144. The Bertz CT molecular complexity index is 709. The Morgan fingerprint density at radius 3 is 2.76 bits per heavy atom. The summed E-state index contributed by atoms with van der Waals surface area (Å²) in [5, 5.41) is 11.0. The quantitative estimate of drug-likeness (QED) is 0.926. The predicted molar refractivity (Wildman–Crippen MR) is 79.2 cm³/mol. The fraction of sp³-hybridized carbons (Fsp3) is 0.200. The highest BCUT2D eigenvalue weighted by molar-refractivity contribution is 7.12. The lowest BCUT2D eigenvalue weighted by Crippen LogP contribution is -2.47. The van der Waals surface area contributed by atoms with Crippen LogP contribution in [-0.2, 0) is 4.79 Å². The highest BCUT2D eigenvalue weighted by Crippen LogP contribution is 2.35. The Kier molecular flexibility index (Phi) is 3.39. The summed E-state index contributed by atoms with van der Waals surface area (Å²) < 4.78 is 5.43. The van der Waals surface area contributed by atoms with Crippen LogP contribution in [0, 0.1) is 6.92 Å². The molecule has 0 spiro atoms. The number of nitrogens with zero attached hydrogens (tertiary/aromatic N) is 1. The number of para-hydroxylation sites is 2. The fourth-order valence-electron chi connectivity index (χ4n) is 2.27. The van der Waals surface area contributed by atoms with Crippen molar-refractivity contribution in [2.24, 2.45) is 0 Å². The minimum Gasteiger partial charge on any atom is -0.478 e. The second kappa shape index (κ2) is 5.21. The largest absolute Gasteiger partial charge is 0.478 e. The average Bonchev–Trinajstić information content (AvgIpc) is 2.91. The number of rotatable bonds is 2. The van der Waals surface area contributed by atoms with Gasteiger partial charge in [0.05, 0.1) is 17.1 Å². The molecule has 0 bridgehead atoms. The second-order valence-electron chi connectivity index (χ2n) is 4.76. The van der Waals surface area contributed by atoms with Crippen molar-refractivity contribution >= 4 is 28.9 Å². The van der Waals surface area contributed by atoms with Gasteiger partial charge in [0.15, 0.2) is 0 Å². The van der Waals surface area contributed by atoms with E-state index in [2.05, 4.69) is 0 Å². The van der Waals surface area contributed by atoms with Crippen LogP contribution in [0.1, 0.15) is 15.2 Å². The topological polar surface area (TPSA) is 66.8 Å². The number of hydrogen-bond acceptors (Lipinski definition) is 4. The molecule has 1 atom stereocenters. The number of hydrogen-bond donors (Lipinski definition) is 1. The fourth-order valence-corrected chi connectivity index (χ4v) is 3.14. The van der Waals surface area contributed by atoms with Gasteiger partial charge in [0.25, 0.3) is 5.91 Å². The number of carbonyl (C=O) groups excluding carboxylic acids is 1. The Morgan fingerprint density at radius 2 is 2.10 bits per heavy atom. The lowest BCUT2D eigenvalue weighted by atomic mass is 10.1. The first-order chi connectivity index (χ1) is 10.1. The zero-order valence-corrected chi connectivity index (χ0v) is 12.1. The number of anilines is 1. The van der Waals surface area contributed by atoms with Gasteiger partial charge in [-0.2, -0.15) is 0 Å². The molecule has 0 aliphatic carbocycles. The van der Waals surface area contributed by atoms with Gasteiger partial charge < -0.3 is 9.84 Å². The first-order valence-electron chi connectivity index (χ1n) is 6.42. The second-order valence-corrected chi connectivity index (χ2v) is 5.68. The maximum absolute atomic E-state index is 12.7. The maximum atomic E-state index is 12.7. The van der Waals surface area contributed by atoms with Crippen molar-refractivity contribution in [2.75, 3.05) is 11.4 Å². The van der Waals surface area contributed by atoms with Crippen LogP contribution in [0.5, 0.6) is 5.75 Å². The first-order valence-corrected chi connectivity index (χ1v) is 7.30. The predicted octanol–water partition coefficient (Wildman–Crippen LogP) is 2.55. The molecule has 3 rings (SSSR count). The van der Waals surface area contributed by atoms with Crippen LogP contribution in [0.3, 0.4) is 0 Å². The number of benzene rings is 1. The van der Waals surface area contributed by atoms with E-state index in [1.807, 2.05) is 18.4 Å². The molecular formula is C15H13NO4S. The van der Waals surface area contributed by atoms with Crippen molar-refractivity contribution in [2.45, 2.75) is 13.0 Å². The van der Waals surface area contributed by atoms with Gasteiger partial charge >= 0.3 is 5.97 Å². The summed E-state index contributed by atoms with van der Waals surface area (Å²) >= 11 is 1.36. The molecule has 1 aromatic carbocycles. The van der Waals surface area contributed by atoms with Gasteiger partial charge in [-0.25, -0.2) is 4.79 Å². The first kappa shape index (κ1) is 13.6. The molecule has 6 heteroatoms. The molecule has 2 aromatic rings. The van der Waals surface area contributed by atoms with Crippen molar-refractivity contribution in [3.8, 4) is 5.75 Å². The summed E-state index contributed by atoms with van der Waals surface area (Å²) in [5.41, 5.74) is 1.49. The molecule has 0 saturated carbocycles. The third-order valence-electron chi connectivity index (χ3n) is 3.35. The third-order valence-corrected chi connectivity index (χ3v) is 4.36. The number of carbonyl (C=O) groups is 2. The van der Waals surface area contributed by atoms with E-state index in [9.17, 15) is 14.7 Å². The van der Waals surface area contributed by atoms with Crippen LogP contribution in [0.4, 0.5) is 5.69 Å². The molecule has 0 radical (unpaired) electrons. The summed E-state index contributed by atoms with van der Waals surface area (Å²) in [6, 6.07) is 8.85. The van der Waals surface area contributed by atoms with Crippen LogP contribution in [0.2, 0.25) is 0 Å². The van der Waals surface area contributed by atoms with Crippen LogP contribution in [-0.4, -0.2) is 29.6 Å². The Balaban J connectivity index is 2.02. The van der Waals surface area contributed by atoms with Crippen molar-refractivity contribution in [1.29, 1.82) is 0 Å².